The Bertz CT molecular complexity index is 333. The lowest BCUT2D eigenvalue weighted by molar-refractivity contribution is 0.282. The van der Waals surface area contributed by atoms with E-state index in [-0.39, 0.29) is 6.61 Å². The standard InChI is InChI=1S/C15H23NO/c1-2-13-5-3-4-6-15(13)16-14-9-7-12(11-17)8-10-14/h7-10,13,15-17H,2-6,11H2,1H3. The lowest BCUT2D eigenvalue weighted by Gasteiger charge is -2.32. The summed E-state index contributed by atoms with van der Waals surface area (Å²) in [5.41, 5.74) is 2.17. The predicted octanol–water partition coefficient (Wildman–Crippen LogP) is 3.56. The number of aliphatic hydroxyl groups excluding tert-OH is 1. The van der Waals surface area contributed by atoms with Gasteiger partial charge in [-0.1, -0.05) is 38.3 Å². The first kappa shape index (κ1) is 12.4. The molecule has 2 heteroatoms. The molecule has 0 amide bonds. The largest absolute Gasteiger partial charge is 0.392 e. The van der Waals surface area contributed by atoms with Crippen molar-refractivity contribution >= 4 is 5.69 Å². The van der Waals surface area contributed by atoms with Gasteiger partial charge in [0.05, 0.1) is 6.61 Å². The molecule has 0 spiro atoms. The molecular formula is C15H23NO. The summed E-state index contributed by atoms with van der Waals surface area (Å²) in [7, 11) is 0. The molecule has 0 heterocycles. The minimum Gasteiger partial charge on any atom is -0.392 e. The molecular weight excluding hydrogens is 210 g/mol. The van der Waals surface area contributed by atoms with E-state index in [1.807, 2.05) is 12.1 Å². The smallest absolute Gasteiger partial charge is 0.0681 e. The maximum absolute atomic E-state index is 9.01. The first-order valence-electron chi connectivity index (χ1n) is 6.80. The summed E-state index contributed by atoms with van der Waals surface area (Å²) in [6.45, 7) is 2.42. The third-order valence-corrected chi connectivity index (χ3v) is 3.92. The number of rotatable bonds is 4. The molecule has 0 aromatic heterocycles. The molecule has 2 rings (SSSR count). The topological polar surface area (TPSA) is 32.3 Å². The van der Waals surface area contributed by atoms with Crippen molar-refractivity contribution in [2.24, 2.45) is 5.92 Å². The Kier molecular flexibility index (Phi) is 4.43. The zero-order chi connectivity index (χ0) is 12.1. The zero-order valence-electron chi connectivity index (χ0n) is 10.7. The molecule has 1 aromatic rings. The van der Waals surface area contributed by atoms with E-state index in [1.165, 1.54) is 37.8 Å². The molecule has 1 aliphatic carbocycles. The highest BCUT2D eigenvalue weighted by atomic mass is 16.3. The van der Waals surface area contributed by atoms with Gasteiger partial charge in [0.1, 0.15) is 0 Å². The first-order valence-corrected chi connectivity index (χ1v) is 6.80. The molecule has 1 saturated carbocycles. The van der Waals surface area contributed by atoms with Crippen LogP contribution >= 0.6 is 0 Å². The first-order chi connectivity index (χ1) is 8.33. The molecule has 2 nitrogen and oxygen atoms in total. The van der Waals surface area contributed by atoms with Gasteiger partial charge in [-0.2, -0.15) is 0 Å². The van der Waals surface area contributed by atoms with Gasteiger partial charge in [0.2, 0.25) is 0 Å². The van der Waals surface area contributed by atoms with Crippen molar-refractivity contribution in [2.45, 2.75) is 51.7 Å². The molecule has 94 valence electrons. The van der Waals surface area contributed by atoms with Gasteiger partial charge in [0.15, 0.2) is 0 Å². The normalized spacial score (nSPS) is 24.6. The molecule has 2 unspecified atom stereocenters. The van der Waals surface area contributed by atoms with Crippen molar-refractivity contribution in [3.05, 3.63) is 29.8 Å². The Hall–Kier alpha value is -1.02. The van der Waals surface area contributed by atoms with Gasteiger partial charge >= 0.3 is 0 Å². The van der Waals surface area contributed by atoms with Crippen molar-refractivity contribution in [1.82, 2.24) is 0 Å². The van der Waals surface area contributed by atoms with Crippen molar-refractivity contribution in [3.63, 3.8) is 0 Å². The van der Waals surface area contributed by atoms with E-state index >= 15 is 0 Å². The number of nitrogens with one attached hydrogen (secondary N) is 1. The molecule has 1 fully saturated rings. The second kappa shape index (κ2) is 6.06. The van der Waals surface area contributed by atoms with Crippen LogP contribution in [0.1, 0.15) is 44.6 Å². The van der Waals surface area contributed by atoms with Crippen molar-refractivity contribution in [1.29, 1.82) is 0 Å². The number of aliphatic hydroxyl groups is 1. The summed E-state index contributed by atoms with van der Waals surface area (Å²) in [6, 6.07) is 8.77. The van der Waals surface area contributed by atoms with Gasteiger partial charge in [-0.15, -0.1) is 0 Å². The molecule has 2 atom stereocenters. The van der Waals surface area contributed by atoms with Crippen LogP contribution in [0.4, 0.5) is 5.69 Å². The fourth-order valence-electron chi connectivity index (χ4n) is 2.81. The summed E-state index contributed by atoms with van der Waals surface area (Å²) in [5.74, 6) is 0.821. The average molecular weight is 233 g/mol. The van der Waals surface area contributed by atoms with Crippen LogP contribution in [0.25, 0.3) is 0 Å². The SMILES string of the molecule is CCC1CCCCC1Nc1ccc(CO)cc1. The minimum atomic E-state index is 0.126. The Morgan fingerprint density at radius 1 is 1.18 bits per heavy atom. The highest BCUT2D eigenvalue weighted by Crippen LogP contribution is 2.29. The molecule has 1 aliphatic rings. The fourth-order valence-corrected chi connectivity index (χ4v) is 2.81. The van der Waals surface area contributed by atoms with Crippen LogP contribution in [0.5, 0.6) is 0 Å². The monoisotopic (exact) mass is 233 g/mol. The summed E-state index contributed by atoms with van der Waals surface area (Å²) in [5, 5.41) is 12.7. The van der Waals surface area contributed by atoms with Gasteiger partial charge in [-0.25, -0.2) is 0 Å². The number of hydrogen-bond acceptors (Lipinski definition) is 2. The highest BCUT2D eigenvalue weighted by Gasteiger charge is 2.23. The van der Waals surface area contributed by atoms with Gasteiger partial charge in [-0.05, 0) is 36.5 Å². The van der Waals surface area contributed by atoms with E-state index in [4.69, 9.17) is 5.11 Å². The number of anilines is 1. The van der Waals surface area contributed by atoms with Crippen LogP contribution in [0, 0.1) is 5.92 Å². The van der Waals surface area contributed by atoms with E-state index in [2.05, 4.69) is 24.4 Å². The molecule has 2 N–H and O–H groups in total. The second-order valence-electron chi connectivity index (χ2n) is 5.06. The summed E-state index contributed by atoms with van der Waals surface area (Å²) in [4.78, 5) is 0. The Morgan fingerprint density at radius 3 is 2.53 bits per heavy atom. The van der Waals surface area contributed by atoms with Gasteiger partial charge in [0.25, 0.3) is 0 Å². The van der Waals surface area contributed by atoms with E-state index in [0.717, 1.165) is 11.5 Å². The third kappa shape index (κ3) is 3.22. The van der Waals surface area contributed by atoms with Crippen molar-refractivity contribution in [3.8, 4) is 0 Å². The molecule has 1 aromatic carbocycles. The predicted molar refractivity (Wildman–Crippen MR) is 72.0 cm³/mol. The van der Waals surface area contributed by atoms with E-state index < -0.39 is 0 Å². The van der Waals surface area contributed by atoms with Gasteiger partial charge in [0, 0.05) is 11.7 Å². The van der Waals surface area contributed by atoms with Crippen LogP contribution < -0.4 is 5.32 Å². The van der Waals surface area contributed by atoms with Gasteiger partial charge < -0.3 is 10.4 Å². The minimum absolute atomic E-state index is 0.126. The fraction of sp³-hybridized carbons (Fsp3) is 0.600. The lowest BCUT2D eigenvalue weighted by atomic mass is 9.83. The van der Waals surface area contributed by atoms with E-state index in [9.17, 15) is 0 Å². The Labute approximate surface area is 104 Å². The number of benzene rings is 1. The van der Waals surface area contributed by atoms with Crippen LogP contribution in [0.2, 0.25) is 0 Å². The van der Waals surface area contributed by atoms with Crippen molar-refractivity contribution < 1.29 is 5.11 Å². The quantitative estimate of drug-likeness (QED) is 0.833. The van der Waals surface area contributed by atoms with Crippen molar-refractivity contribution in [2.75, 3.05) is 5.32 Å². The molecule has 0 radical (unpaired) electrons. The van der Waals surface area contributed by atoms with E-state index in [1.54, 1.807) is 0 Å². The average Bonchev–Trinajstić information content (AvgIpc) is 2.40. The maximum atomic E-state index is 9.01. The Balaban J connectivity index is 1.98. The second-order valence-corrected chi connectivity index (χ2v) is 5.06. The summed E-state index contributed by atoms with van der Waals surface area (Å²) < 4.78 is 0. The van der Waals surface area contributed by atoms with Crippen LogP contribution in [-0.2, 0) is 6.61 Å². The Morgan fingerprint density at radius 2 is 1.88 bits per heavy atom. The third-order valence-electron chi connectivity index (χ3n) is 3.92. The maximum Gasteiger partial charge on any atom is 0.0681 e. The van der Waals surface area contributed by atoms with E-state index in [0.29, 0.717) is 6.04 Å². The zero-order valence-corrected chi connectivity index (χ0v) is 10.7. The van der Waals surface area contributed by atoms with Crippen LogP contribution in [-0.4, -0.2) is 11.1 Å². The van der Waals surface area contributed by atoms with Gasteiger partial charge in [-0.3, -0.25) is 0 Å². The van der Waals surface area contributed by atoms with Crippen LogP contribution in [0.3, 0.4) is 0 Å². The number of hydrogen-bond donors (Lipinski definition) is 2. The molecule has 0 saturated heterocycles. The highest BCUT2D eigenvalue weighted by molar-refractivity contribution is 5.45. The summed E-state index contributed by atoms with van der Waals surface area (Å²) in [6.07, 6.45) is 6.67. The molecule has 0 bridgehead atoms. The molecule has 17 heavy (non-hydrogen) atoms. The molecule has 0 aliphatic heterocycles. The van der Waals surface area contributed by atoms with Crippen LogP contribution in [0.15, 0.2) is 24.3 Å². The summed E-state index contributed by atoms with van der Waals surface area (Å²) >= 11 is 0. The lowest BCUT2D eigenvalue weighted by Crippen LogP contribution is -2.31.